The van der Waals surface area contributed by atoms with E-state index >= 15 is 0 Å². The molecule has 0 atom stereocenters. The van der Waals surface area contributed by atoms with Crippen molar-refractivity contribution in [1.29, 1.82) is 0 Å². The third-order valence-corrected chi connectivity index (χ3v) is 3.25. The smallest absolute Gasteiger partial charge is 0.323 e. The number of benzene rings is 1. The molecule has 24 heavy (non-hydrogen) atoms. The van der Waals surface area contributed by atoms with Crippen LogP contribution in [-0.4, -0.2) is 63.1 Å². The van der Waals surface area contributed by atoms with E-state index in [0.29, 0.717) is 5.69 Å². The van der Waals surface area contributed by atoms with Crippen LogP contribution >= 0.6 is 0 Å². The molecule has 0 saturated heterocycles. The van der Waals surface area contributed by atoms with Crippen LogP contribution in [0.15, 0.2) is 24.3 Å². The number of amides is 3. The molecule has 8 nitrogen and oxygen atoms in total. The van der Waals surface area contributed by atoms with E-state index in [1.807, 2.05) is 0 Å². The van der Waals surface area contributed by atoms with Crippen LogP contribution in [0, 0.1) is 0 Å². The maximum Gasteiger partial charge on any atom is 0.323 e. The van der Waals surface area contributed by atoms with Crippen molar-refractivity contribution in [2.45, 2.75) is 6.92 Å². The molecule has 1 aromatic rings. The molecular weight excluding hydrogens is 314 g/mol. The topological polar surface area (TPSA) is 102 Å². The molecule has 0 aliphatic rings. The number of hydrogen-bond acceptors (Lipinski definition) is 6. The zero-order valence-electron chi connectivity index (χ0n) is 14.2. The second-order valence-electron chi connectivity index (χ2n) is 5.03. The number of nitrogen functional groups attached to an aromatic ring is 1. The molecule has 0 fully saturated rings. The Balaban J connectivity index is 3.02. The third kappa shape index (κ3) is 5.32. The molecule has 0 aliphatic heterocycles. The van der Waals surface area contributed by atoms with Crippen LogP contribution < -0.4 is 10.6 Å². The number of anilines is 2. The number of methoxy groups -OCH3 is 2. The number of hydrogen-bond donors (Lipinski definition) is 1. The molecule has 8 heteroatoms. The number of nitrogens with two attached hydrogens (primary N) is 1. The molecule has 0 aliphatic carbocycles. The van der Waals surface area contributed by atoms with Gasteiger partial charge in [-0.1, -0.05) is 6.07 Å². The molecule has 1 aromatic carbocycles. The molecule has 0 heterocycles. The van der Waals surface area contributed by atoms with Crippen LogP contribution in [0.25, 0.3) is 0 Å². The van der Waals surface area contributed by atoms with E-state index in [4.69, 9.17) is 15.2 Å². The first-order chi connectivity index (χ1) is 11.4. The first-order valence-corrected chi connectivity index (χ1v) is 7.39. The Morgan fingerprint density at radius 2 is 1.62 bits per heavy atom. The Morgan fingerprint density at radius 3 is 2.08 bits per heavy atom. The molecule has 1 rings (SSSR count). The summed E-state index contributed by atoms with van der Waals surface area (Å²) in [5, 5.41) is 0. The lowest BCUT2D eigenvalue weighted by atomic mass is 10.2. The number of imide groups is 1. The molecule has 0 bridgehead atoms. The average Bonchev–Trinajstić information content (AvgIpc) is 2.54. The van der Waals surface area contributed by atoms with Crippen LogP contribution in [0.5, 0.6) is 0 Å². The quantitative estimate of drug-likeness (QED) is 0.566. The lowest BCUT2D eigenvalue weighted by molar-refractivity contribution is -0.146. The zero-order valence-corrected chi connectivity index (χ0v) is 14.2. The van der Waals surface area contributed by atoms with Gasteiger partial charge in [0.25, 0.3) is 0 Å². The predicted molar refractivity (Wildman–Crippen MR) is 89.4 cm³/mol. The van der Waals surface area contributed by atoms with E-state index in [1.54, 1.807) is 12.1 Å². The van der Waals surface area contributed by atoms with E-state index in [0.717, 1.165) is 4.90 Å². The maximum atomic E-state index is 12.6. The molecule has 2 N–H and O–H groups in total. The number of rotatable bonds is 7. The molecule has 132 valence electrons. The van der Waals surface area contributed by atoms with Gasteiger partial charge in [-0.3, -0.25) is 14.4 Å². The van der Waals surface area contributed by atoms with Crippen LogP contribution in [0.2, 0.25) is 0 Å². The molecule has 3 amide bonds. The first-order valence-electron chi connectivity index (χ1n) is 7.39. The van der Waals surface area contributed by atoms with E-state index in [2.05, 4.69) is 0 Å². The lowest BCUT2D eigenvalue weighted by Crippen LogP contribution is -2.49. The van der Waals surface area contributed by atoms with E-state index in [-0.39, 0.29) is 32.0 Å². The summed E-state index contributed by atoms with van der Waals surface area (Å²) >= 11 is 0. The minimum absolute atomic E-state index is 0.215. The summed E-state index contributed by atoms with van der Waals surface area (Å²) in [4.78, 5) is 39.1. The SMILES string of the molecule is COCCN(CCOC)C(=O)C(=O)N(C(C)=O)c1cccc(N)c1. The number of nitrogens with zero attached hydrogens (tertiary/aromatic N) is 2. The minimum Gasteiger partial charge on any atom is -0.399 e. The van der Waals surface area contributed by atoms with Gasteiger partial charge in [0.05, 0.1) is 18.9 Å². The van der Waals surface area contributed by atoms with Gasteiger partial charge in [-0.15, -0.1) is 0 Å². The Morgan fingerprint density at radius 1 is 1.04 bits per heavy atom. The van der Waals surface area contributed by atoms with Crippen LogP contribution in [0.1, 0.15) is 6.92 Å². The standard InChI is InChI=1S/C16H23N3O5/c1-12(20)19(14-6-4-5-13(17)11-14)16(22)15(21)18(7-9-23-2)8-10-24-3/h4-6,11H,7-10,17H2,1-3H3. The minimum atomic E-state index is -0.944. The summed E-state index contributed by atoms with van der Waals surface area (Å²) in [5.41, 5.74) is 6.32. The highest BCUT2D eigenvalue weighted by Gasteiger charge is 2.30. The molecule has 0 spiro atoms. The highest BCUT2D eigenvalue weighted by atomic mass is 16.5. The van der Waals surface area contributed by atoms with Gasteiger partial charge in [0.2, 0.25) is 5.91 Å². The number of carbonyl (C=O) groups is 3. The van der Waals surface area contributed by atoms with Crippen molar-refractivity contribution in [3.05, 3.63) is 24.3 Å². The molecule has 0 aromatic heterocycles. The molecular formula is C16H23N3O5. The van der Waals surface area contributed by atoms with Gasteiger partial charge in [0, 0.05) is 39.9 Å². The fourth-order valence-corrected chi connectivity index (χ4v) is 2.05. The van der Waals surface area contributed by atoms with Gasteiger partial charge in [-0.05, 0) is 18.2 Å². The molecule has 0 saturated carbocycles. The normalized spacial score (nSPS) is 10.3. The fraction of sp³-hybridized carbons (Fsp3) is 0.438. The second-order valence-corrected chi connectivity index (χ2v) is 5.03. The number of ether oxygens (including phenoxy) is 2. The van der Waals surface area contributed by atoms with Crippen LogP contribution in [0.4, 0.5) is 11.4 Å². The van der Waals surface area contributed by atoms with Gasteiger partial charge in [0.1, 0.15) is 0 Å². The molecule has 0 unspecified atom stereocenters. The summed E-state index contributed by atoms with van der Waals surface area (Å²) in [6.45, 7) is 2.17. The van der Waals surface area contributed by atoms with Crippen molar-refractivity contribution in [1.82, 2.24) is 4.90 Å². The van der Waals surface area contributed by atoms with Crippen molar-refractivity contribution in [2.75, 3.05) is 51.2 Å². The van der Waals surface area contributed by atoms with Crippen molar-refractivity contribution in [2.24, 2.45) is 0 Å². The van der Waals surface area contributed by atoms with E-state index in [9.17, 15) is 14.4 Å². The average molecular weight is 337 g/mol. The highest BCUT2D eigenvalue weighted by molar-refractivity contribution is 6.45. The highest BCUT2D eigenvalue weighted by Crippen LogP contribution is 2.18. The van der Waals surface area contributed by atoms with Gasteiger partial charge in [-0.25, -0.2) is 4.90 Å². The summed E-state index contributed by atoms with van der Waals surface area (Å²) < 4.78 is 9.89. The maximum absolute atomic E-state index is 12.6. The second kappa shape index (κ2) is 9.64. The zero-order chi connectivity index (χ0) is 18.1. The summed E-state index contributed by atoms with van der Waals surface area (Å²) in [6.07, 6.45) is 0. The Labute approximate surface area is 141 Å². The summed E-state index contributed by atoms with van der Waals surface area (Å²) in [5.74, 6) is -2.32. The largest absolute Gasteiger partial charge is 0.399 e. The lowest BCUT2D eigenvalue weighted by Gasteiger charge is -2.25. The van der Waals surface area contributed by atoms with Crippen molar-refractivity contribution >= 4 is 29.1 Å². The summed E-state index contributed by atoms with van der Waals surface area (Å²) in [6, 6.07) is 6.22. The van der Waals surface area contributed by atoms with Crippen molar-refractivity contribution in [3.63, 3.8) is 0 Å². The van der Waals surface area contributed by atoms with E-state index in [1.165, 1.54) is 38.2 Å². The molecule has 0 radical (unpaired) electrons. The third-order valence-electron chi connectivity index (χ3n) is 3.25. The fourth-order valence-electron chi connectivity index (χ4n) is 2.05. The van der Waals surface area contributed by atoms with Gasteiger partial charge in [0.15, 0.2) is 0 Å². The van der Waals surface area contributed by atoms with Gasteiger partial charge in [-0.2, -0.15) is 0 Å². The number of carbonyl (C=O) groups excluding carboxylic acids is 3. The monoisotopic (exact) mass is 337 g/mol. The van der Waals surface area contributed by atoms with Crippen LogP contribution in [0.3, 0.4) is 0 Å². The van der Waals surface area contributed by atoms with Crippen molar-refractivity contribution in [3.8, 4) is 0 Å². The van der Waals surface area contributed by atoms with Crippen molar-refractivity contribution < 1.29 is 23.9 Å². The summed E-state index contributed by atoms with van der Waals surface area (Å²) in [7, 11) is 2.99. The predicted octanol–water partition coefficient (Wildman–Crippen LogP) is 0.270. The first kappa shape index (κ1) is 19.6. The Kier molecular flexibility index (Phi) is 7.87. The Bertz CT molecular complexity index is 583. The van der Waals surface area contributed by atoms with Gasteiger partial charge >= 0.3 is 11.8 Å². The van der Waals surface area contributed by atoms with Crippen LogP contribution in [-0.2, 0) is 23.9 Å². The Hall–Kier alpha value is -2.45. The van der Waals surface area contributed by atoms with E-state index < -0.39 is 17.7 Å². The van der Waals surface area contributed by atoms with Gasteiger partial charge < -0.3 is 20.1 Å².